The van der Waals surface area contributed by atoms with Crippen molar-refractivity contribution in [2.24, 2.45) is 0 Å². The lowest BCUT2D eigenvalue weighted by atomic mass is 10.2. The van der Waals surface area contributed by atoms with E-state index in [-0.39, 0.29) is 6.10 Å². The molecular weight excluding hydrogens is 260 g/mol. The monoisotopic (exact) mass is 276 g/mol. The molecule has 1 atom stereocenters. The van der Waals surface area contributed by atoms with Gasteiger partial charge in [0.1, 0.15) is 6.10 Å². The number of hydrogen-bond acceptors (Lipinski definition) is 3. The fraction of sp³-hybridized carbons (Fsp3) is 0.267. The van der Waals surface area contributed by atoms with Gasteiger partial charge in [0.2, 0.25) is 5.88 Å². The van der Waals surface area contributed by atoms with Gasteiger partial charge in [-0.3, -0.25) is 0 Å². The Labute approximate surface area is 118 Å². The van der Waals surface area contributed by atoms with Gasteiger partial charge in [-0.05, 0) is 30.7 Å². The maximum atomic E-state index is 5.84. The van der Waals surface area contributed by atoms with Crippen LogP contribution < -0.4 is 10.1 Å². The molecule has 2 aromatic rings. The lowest BCUT2D eigenvalue weighted by Gasteiger charge is -2.14. The molecule has 0 aliphatic carbocycles. The van der Waals surface area contributed by atoms with E-state index in [1.165, 1.54) is 5.56 Å². The molecular formula is C15H17ClN2O. The molecule has 1 aromatic heterocycles. The van der Waals surface area contributed by atoms with E-state index in [9.17, 15) is 0 Å². The summed E-state index contributed by atoms with van der Waals surface area (Å²) in [5, 5.41) is 4.11. The van der Waals surface area contributed by atoms with Crippen molar-refractivity contribution in [1.82, 2.24) is 10.3 Å². The van der Waals surface area contributed by atoms with Gasteiger partial charge in [-0.15, -0.1) is 0 Å². The van der Waals surface area contributed by atoms with Gasteiger partial charge in [0, 0.05) is 30.4 Å². The van der Waals surface area contributed by atoms with Crippen molar-refractivity contribution in [2.45, 2.75) is 19.6 Å². The average Bonchev–Trinajstić information content (AvgIpc) is 2.42. The average molecular weight is 277 g/mol. The topological polar surface area (TPSA) is 34.1 Å². The molecule has 1 heterocycles. The summed E-state index contributed by atoms with van der Waals surface area (Å²) in [6.45, 7) is 3.58. The van der Waals surface area contributed by atoms with Crippen molar-refractivity contribution in [2.75, 3.05) is 6.54 Å². The number of rotatable bonds is 6. The van der Waals surface area contributed by atoms with Gasteiger partial charge < -0.3 is 10.1 Å². The highest BCUT2D eigenvalue weighted by molar-refractivity contribution is 6.30. The summed E-state index contributed by atoms with van der Waals surface area (Å²) in [7, 11) is 0. The summed E-state index contributed by atoms with van der Waals surface area (Å²) >= 11 is 5.84. The molecule has 1 N–H and O–H groups in total. The Hall–Kier alpha value is -1.58. The van der Waals surface area contributed by atoms with Gasteiger partial charge in [0.05, 0.1) is 0 Å². The number of benzene rings is 1. The second-order valence-electron chi connectivity index (χ2n) is 4.35. The lowest BCUT2D eigenvalue weighted by molar-refractivity contribution is 0.208. The van der Waals surface area contributed by atoms with Crippen LogP contribution in [0, 0.1) is 0 Å². The largest absolute Gasteiger partial charge is 0.473 e. The Morgan fingerprint density at radius 2 is 2.00 bits per heavy atom. The normalized spacial score (nSPS) is 12.1. The van der Waals surface area contributed by atoms with Crippen LogP contribution in [-0.4, -0.2) is 17.6 Å². The number of ether oxygens (including phenoxy) is 1. The smallest absolute Gasteiger partial charge is 0.213 e. The third-order valence-electron chi connectivity index (χ3n) is 2.63. The van der Waals surface area contributed by atoms with Gasteiger partial charge in [-0.25, -0.2) is 4.98 Å². The second-order valence-corrected chi connectivity index (χ2v) is 4.79. The van der Waals surface area contributed by atoms with Crippen LogP contribution in [0.25, 0.3) is 0 Å². The minimum absolute atomic E-state index is 0.0715. The van der Waals surface area contributed by atoms with Crippen molar-refractivity contribution >= 4 is 11.6 Å². The molecule has 0 bridgehead atoms. The molecule has 19 heavy (non-hydrogen) atoms. The van der Waals surface area contributed by atoms with Gasteiger partial charge in [0.15, 0.2) is 0 Å². The van der Waals surface area contributed by atoms with Crippen LogP contribution in [0.4, 0.5) is 0 Å². The summed E-state index contributed by atoms with van der Waals surface area (Å²) in [5.74, 6) is 0.656. The Morgan fingerprint density at radius 1 is 1.21 bits per heavy atom. The Bertz CT molecular complexity index is 487. The number of halogens is 1. The van der Waals surface area contributed by atoms with Crippen LogP contribution in [0.1, 0.15) is 12.5 Å². The van der Waals surface area contributed by atoms with Crippen LogP contribution in [0.3, 0.4) is 0 Å². The van der Waals surface area contributed by atoms with Crippen LogP contribution in [0.5, 0.6) is 5.88 Å². The van der Waals surface area contributed by atoms with Crippen LogP contribution in [0.2, 0.25) is 5.02 Å². The highest BCUT2D eigenvalue weighted by Crippen LogP contribution is 2.09. The Kier molecular flexibility index (Phi) is 5.19. The molecule has 1 aromatic carbocycles. The Balaban J connectivity index is 1.72. The number of nitrogens with zero attached hydrogens (tertiary/aromatic N) is 1. The molecule has 0 amide bonds. The van der Waals surface area contributed by atoms with Gasteiger partial charge in [0.25, 0.3) is 0 Å². The van der Waals surface area contributed by atoms with Crippen LogP contribution >= 0.6 is 11.6 Å². The fourth-order valence-electron chi connectivity index (χ4n) is 1.69. The van der Waals surface area contributed by atoms with Crippen molar-refractivity contribution < 1.29 is 4.74 Å². The fourth-order valence-corrected chi connectivity index (χ4v) is 1.81. The minimum Gasteiger partial charge on any atom is -0.473 e. The van der Waals surface area contributed by atoms with E-state index < -0.39 is 0 Å². The molecule has 0 spiro atoms. The summed E-state index contributed by atoms with van der Waals surface area (Å²) in [6.07, 6.45) is 1.80. The molecule has 100 valence electrons. The zero-order chi connectivity index (χ0) is 13.5. The summed E-state index contributed by atoms with van der Waals surface area (Å²) in [6, 6.07) is 13.5. The molecule has 0 saturated heterocycles. The van der Waals surface area contributed by atoms with Gasteiger partial charge in [-0.2, -0.15) is 0 Å². The molecule has 0 radical (unpaired) electrons. The standard InChI is InChI=1S/C15H17ClN2O/c1-12(19-15-4-2-3-9-18-15)10-17-11-13-5-7-14(16)8-6-13/h2-9,12,17H,10-11H2,1H3/t12-/m0/s1. The highest BCUT2D eigenvalue weighted by Gasteiger charge is 2.04. The first-order valence-electron chi connectivity index (χ1n) is 6.27. The van der Waals surface area contributed by atoms with E-state index >= 15 is 0 Å². The number of hydrogen-bond donors (Lipinski definition) is 1. The number of nitrogens with one attached hydrogen (secondary N) is 1. The third kappa shape index (κ3) is 4.89. The molecule has 0 saturated carbocycles. The predicted octanol–water partition coefficient (Wildman–Crippen LogP) is 3.29. The molecule has 4 heteroatoms. The third-order valence-corrected chi connectivity index (χ3v) is 2.89. The van der Waals surface area contributed by atoms with Gasteiger partial charge in [-0.1, -0.05) is 29.8 Å². The molecule has 0 aliphatic rings. The van der Waals surface area contributed by atoms with E-state index in [0.29, 0.717) is 5.88 Å². The maximum Gasteiger partial charge on any atom is 0.213 e. The van der Waals surface area contributed by atoms with E-state index in [4.69, 9.17) is 16.3 Å². The summed E-state index contributed by atoms with van der Waals surface area (Å²) in [5.41, 5.74) is 1.20. The number of aromatic nitrogens is 1. The van der Waals surface area contributed by atoms with E-state index in [1.807, 2.05) is 49.4 Å². The summed E-state index contributed by atoms with van der Waals surface area (Å²) in [4.78, 5) is 4.13. The zero-order valence-electron chi connectivity index (χ0n) is 10.8. The first-order chi connectivity index (χ1) is 9.24. The molecule has 0 aliphatic heterocycles. The van der Waals surface area contributed by atoms with Crippen LogP contribution in [0.15, 0.2) is 48.7 Å². The van der Waals surface area contributed by atoms with E-state index in [0.717, 1.165) is 18.1 Å². The van der Waals surface area contributed by atoms with Crippen molar-refractivity contribution in [3.05, 3.63) is 59.2 Å². The zero-order valence-corrected chi connectivity index (χ0v) is 11.6. The van der Waals surface area contributed by atoms with E-state index in [1.54, 1.807) is 6.20 Å². The SMILES string of the molecule is C[C@@H](CNCc1ccc(Cl)cc1)Oc1ccccn1. The second kappa shape index (κ2) is 7.12. The van der Waals surface area contributed by atoms with Crippen molar-refractivity contribution in [3.8, 4) is 5.88 Å². The first-order valence-corrected chi connectivity index (χ1v) is 6.64. The maximum absolute atomic E-state index is 5.84. The lowest BCUT2D eigenvalue weighted by Crippen LogP contribution is -2.28. The summed E-state index contributed by atoms with van der Waals surface area (Å²) < 4.78 is 5.68. The molecule has 0 unspecified atom stereocenters. The van der Waals surface area contributed by atoms with Gasteiger partial charge >= 0.3 is 0 Å². The Morgan fingerprint density at radius 3 is 2.68 bits per heavy atom. The van der Waals surface area contributed by atoms with E-state index in [2.05, 4.69) is 10.3 Å². The highest BCUT2D eigenvalue weighted by atomic mass is 35.5. The predicted molar refractivity (Wildman–Crippen MR) is 77.5 cm³/mol. The number of pyridine rings is 1. The minimum atomic E-state index is 0.0715. The van der Waals surface area contributed by atoms with Crippen molar-refractivity contribution in [1.29, 1.82) is 0 Å². The molecule has 0 fully saturated rings. The van der Waals surface area contributed by atoms with Crippen molar-refractivity contribution in [3.63, 3.8) is 0 Å². The quantitative estimate of drug-likeness (QED) is 0.879. The first kappa shape index (κ1) is 13.8. The molecule has 2 rings (SSSR count). The van der Waals surface area contributed by atoms with Crippen LogP contribution in [-0.2, 0) is 6.54 Å². The molecule has 3 nitrogen and oxygen atoms in total.